The maximum absolute atomic E-state index is 5.54. The molecular weight excluding hydrogens is 250 g/mol. The van der Waals surface area contributed by atoms with Gasteiger partial charge in [-0.1, -0.05) is 29.4 Å². The predicted molar refractivity (Wildman–Crippen MR) is 75.5 cm³/mol. The molecule has 1 unspecified atom stereocenters. The molecule has 1 fully saturated rings. The highest BCUT2D eigenvalue weighted by molar-refractivity contribution is 5.35. The summed E-state index contributed by atoms with van der Waals surface area (Å²) in [6.45, 7) is 3.18. The Hall–Kier alpha value is -1.68. The van der Waals surface area contributed by atoms with Crippen molar-refractivity contribution in [3.8, 4) is 0 Å². The number of rotatable bonds is 2. The average molecular weight is 269 g/mol. The average Bonchev–Trinajstić information content (AvgIpc) is 3.17. The number of fused-ring (bicyclic) bond motifs is 1. The first-order valence-corrected chi connectivity index (χ1v) is 7.40. The summed E-state index contributed by atoms with van der Waals surface area (Å²) in [6.07, 6.45) is 4.29. The van der Waals surface area contributed by atoms with Crippen LogP contribution in [0.3, 0.4) is 0 Å². The summed E-state index contributed by atoms with van der Waals surface area (Å²) in [7, 11) is 0. The van der Waals surface area contributed by atoms with Crippen LogP contribution in [0.25, 0.3) is 0 Å². The van der Waals surface area contributed by atoms with Crippen molar-refractivity contribution in [2.75, 3.05) is 6.54 Å². The van der Waals surface area contributed by atoms with Crippen LogP contribution in [0, 0.1) is 0 Å². The second-order valence-electron chi connectivity index (χ2n) is 6.19. The lowest BCUT2D eigenvalue weighted by Gasteiger charge is -2.18. The smallest absolute Gasteiger partial charge is 0.246 e. The minimum Gasteiger partial charge on any atom is -0.337 e. The summed E-state index contributed by atoms with van der Waals surface area (Å²) in [5, 5.41) is 7.72. The van der Waals surface area contributed by atoms with Gasteiger partial charge in [0.1, 0.15) is 0 Å². The molecule has 104 valence electrons. The molecule has 1 saturated heterocycles. The van der Waals surface area contributed by atoms with E-state index in [1.807, 2.05) is 0 Å². The minimum absolute atomic E-state index is 0.128. The van der Waals surface area contributed by atoms with E-state index in [0.29, 0.717) is 5.92 Å². The van der Waals surface area contributed by atoms with Crippen molar-refractivity contribution in [2.45, 2.75) is 44.1 Å². The zero-order valence-electron chi connectivity index (χ0n) is 11.7. The molecule has 0 bridgehead atoms. The zero-order chi connectivity index (χ0) is 13.6. The Labute approximate surface area is 118 Å². The molecule has 1 atom stereocenters. The minimum atomic E-state index is -0.128. The van der Waals surface area contributed by atoms with Crippen molar-refractivity contribution in [3.05, 3.63) is 47.1 Å². The van der Waals surface area contributed by atoms with E-state index in [9.17, 15) is 0 Å². The highest BCUT2D eigenvalue weighted by Crippen LogP contribution is 2.34. The molecule has 4 nitrogen and oxygen atoms in total. The van der Waals surface area contributed by atoms with Crippen molar-refractivity contribution >= 4 is 0 Å². The van der Waals surface area contributed by atoms with E-state index in [2.05, 4.69) is 46.6 Å². The van der Waals surface area contributed by atoms with E-state index in [1.54, 1.807) is 0 Å². The first-order valence-electron chi connectivity index (χ1n) is 7.40. The fourth-order valence-corrected chi connectivity index (χ4v) is 3.44. The molecule has 4 rings (SSSR count). The maximum Gasteiger partial charge on any atom is 0.246 e. The van der Waals surface area contributed by atoms with Crippen LogP contribution in [0.1, 0.15) is 48.5 Å². The van der Waals surface area contributed by atoms with E-state index in [-0.39, 0.29) is 5.54 Å². The molecule has 1 aromatic carbocycles. The number of nitrogens with zero attached hydrogens (tertiary/aromatic N) is 2. The predicted octanol–water partition coefficient (Wildman–Crippen LogP) is 2.55. The lowest BCUT2D eigenvalue weighted by Crippen LogP contribution is -2.33. The van der Waals surface area contributed by atoms with E-state index < -0.39 is 0 Å². The normalized spacial score (nSPS) is 26.1. The van der Waals surface area contributed by atoms with Crippen molar-refractivity contribution < 1.29 is 4.52 Å². The monoisotopic (exact) mass is 269 g/mol. The van der Waals surface area contributed by atoms with Gasteiger partial charge in [-0.15, -0.1) is 0 Å². The van der Waals surface area contributed by atoms with Gasteiger partial charge in [0.15, 0.2) is 5.82 Å². The topological polar surface area (TPSA) is 51.0 Å². The number of benzene rings is 1. The van der Waals surface area contributed by atoms with Crippen molar-refractivity contribution in [1.29, 1.82) is 0 Å². The Bertz CT molecular complexity index is 603. The number of hydrogen-bond acceptors (Lipinski definition) is 4. The van der Waals surface area contributed by atoms with Gasteiger partial charge in [0.05, 0.1) is 5.54 Å². The second kappa shape index (κ2) is 4.42. The van der Waals surface area contributed by atoms with Crippen molar-refractivity contribution in [2.24, 2.45) is 0 Å². The van der Waals surface area contributed by atoms with Gasteiger partial charge in [-0.2, -0.15) is 4.98 Å². The van der Waals surface area contributed by atoms with E-state index in [4.69, 9.17) is 4.52 Å². The Balaban J connectivity index is 1.58. The third-order valence-corrected chi connectivity index (χ3v) is 4.70. The summed E-state index contributed by atoms with van der Waals surface area (Å²) in [4.78, 5) is 4.69. The molecule has 2 aliphatic rings. The molecule has 20 heavy (non-hydrogen) atoms. The number of aromatic nitrogens is 2. The van der Waals surface area contributed by atoms with Crippen LogP contribution in [0.4, 0.5) is 0 Å². The lowest BCUT2D eigenvalue weighted by atomic mass is 10.0. The van der Waals surface area contributed by atoms with E-state index in [1.165, 1.54) is 17.5 Å². The van der Waals surface area contributed by atoms with E-state index >= 15 is 0 Å². The molecule has 0 radical (unpaired) electrons. The highest BCUT2D eigenvalue weighted by atomic mass is 16.5. The largest absolute Gasteiger partial charge is 0.337 e. The first-order chi connectivity index (χ1) is 9.74. The van der Waals surface area contributed by atoms with Crippen molar-refractivity contribution in [3.63, 3.8) is 0 Å². The lowest BCUT2D eigenvalue weighted by molar-refractivity contribution is 0.273. The maximum atomic E-state index is 5.54. The van der Waals surface area contributed by atoms with Gasteiger partial charge >= 0.3 is 0 Å². The molecule has 1 N–H and O–H groups in total. The van der Waals surface area contributed by atoms with Gasteiger partial charge in [0.2, 0.25) is 5.89 Å². The van der Waals surface area contributed by atoms with Gasteiger partial charge in [-0.25, -0.2) is 0 Å². The molecule has 2 heterocycles. The van der Waals surface area contributed by atoms with Gasteiger partial charge in [-0.3, -0.25) is 0 Å². The van der Waals surface area contributed by atoms with Crippen LogP contribution in [-0.2, 0) is 18.4 Å². The molecule has 1 aliphatic carbocycles. The van der Waals surface area contributed by atoms with Crippen LogP contribution in [0.15, 0.2) is 28.8 Å². The van der Waals surface area contributed by atoms with Gasteiger partial charge in [-0.05, 0) is 50.3 Å². The molecule has 0 spiro atoms. The van der Waals surface area contributed by atoms with E-state index in [0.717, 1.165) is 37.5 Å². The Morgan fingerprint density at radius 3 is 2.65 bits per heavy atom. The molecular formula is C16H19N3O. The molecule has 0 saturated carbocycles. The third kappa shape index (κ3) is 1.86. The van der Waals surface area contributed by atoms with Crippen LogP contribution >= 0.6 is 0 Å². The fraction of sp³-hybridized carbons (Fsp3) is 0.500. The van der Waals surface area contributed by atoms with Crippen LogP contribution in [0.2, 0.25) is 0 Å². The van der Waals surface area contributed by atoms with Gasteiger partial charge < -0.3 is 9.84 Å². The molecule has 1 aliphatic heterocycles. The molecule has 4 heteroatoms. The first kappa shape index (κ1) is 12.1. The Kier molecular flexibility index (Phi) is 2.67. The quantitative estimate of drug-likeness (QED) is 0.910. The fourth-order valence-electron chi connectivity index (χ4n) is 3.44. The second-order valence-corrected chi connectivity index (χ2v) is 6.19. The zero-order valence-corrected chi connectivity index (χ0v) is 11.7. The number of nitrogens with one attached hydrogen (secondary N) is 1. The van der Waals surface area contributed by atoms with Crippen molar-refractivity contribution in [1.82, 2.24) is 15.5 Å². The molecule has 0 amide bonds. The molecule has 2 aromatic rings. The molecule has 1 aromatic heterocycles. The Morgan fingerprint density at radius 1 is 1.25 bits per heavy atom. The highest BCUT2D eigenvalue weighted by Gasteiger charge is 2.37. The standard InChI is InChI=1S/C16H19N3O/c1-16(7-4-8-17-16)15-18-14(19-20-15)13-9-11-5-2-3-6-12(11)10-13/h2-3,5-6,13,17H,4,7-10H2,1H3. The summed E-state index contributed by atoms with van der Waals surface area (Å²) in [6, 6.07) is 8.62. The summed E-state index contributed by atoms with van der Waals surface area (Å²) in [5.74, 6) is 1.99. The van der Waals surface area contributed by atoms with Crippen LogP contribution < -0.4 is 5.32 Å². The summed E-state index contributed by atoms with van der Waals surface area (Å²) < 4.78 is 5.54. The summed E-state index contributed by atoms with van der Waals surface area (Å²) in [5.41, 5.74) is 2.72. The van der Waals surface area contributed by atoms with Crippen LogP contribution in [0.5, 0.6) is 0 Å². The van der Waals surface area contributed by atoms with Gasteiger partial charge in [0.25, 0.3) is 0 Å². The van der Waals surface area contributed by atoms with Gasteiger partial charge in [0, 0.05) is 5.92 Å². The Morgan fingerprint density at radius 2 is 2.00 bits per heavy atom. The van der Waals surface area contributed by atoms with Crippen LogP contribution in [-0.4, -0.2) is 16.7 Å². The summed E-state index contributed by atoms with van der Waals surface area (Å²) >= 11 is 0. The number of hydrogen-bond donors (Lipinski definition) is 1. The SMILES string of the molecule is CC1(c2nc(C3Cc4ccccc4C3)no2)CCCN1. The third-order valence-electron chi connectivity index (χ3n) is 4.70.